The second kappa shape index (κ2) is 5.34. The molecule has 1 N–H and O–H groups in total. The molecule has 1 aliphatic rings. The minimum absolute atomic E-state index is 0.0951. The van der Waals surface area contributed by atoms with Crippen molar-refractivity contribution in [3.63, 3.8) is 0 Å². The highest BCUT2D eigenvalue weighted by atomic mass is 15.6. The van der Waals surface area contributed by atoms with Crippen LogP contribution in [0.25, 0.3) is 0 Å². The summed E-state index contributed by atoms with van der Waals surface area (Å²) < 4.78 is 2.03. The first-order valence-electron chi connectivity index (χ1n) is 6.97. The average molecular weight is 251 g/mol. The Labute approximate surface area is 109 Å². The van der Waals surface area contributed by atoms with E-state index in [9.17, 15) is 0 Å². The molecular formula is C13H25N5. The van der Waals surface area contributed by atoms with Crippen molar-refractivity contribution < 1.29 is 0 Å². The fraction of sp³-hybridized carbons (Fsp3) is 0.923. The highest BCUT2D eigenvalue weighted by Crippen LogP contribution is 2.31. The van der Waals surface area contributed by atoms with Crippen molar-refractivity contribution in [3.8, 4) is 0 Å². The average Bonchev–Trinajstić information content (AvgIpc) is 2.75. The van der Waals surface area contributed by atoms with Gasteiger partial charge in [-0.1, -0.05) is 6.92 Å². The quantitative estimate of drug-likeness (QED) is 0.895. The van der Waals surface area contributed by atoms with Gasteiger partial charge in [0.15, 0.2) is 5.82 Å². The molecule has 1 aliphatic carbocycles. The molecule has 5 heteroatoms. The van der Waals surface area contributed by atoms with Gasteiger partial charge >= 0.3 is 0 Å². The minimum atomic E-state index is 0.0951. The zero-order valence-electron chi connectivity index (χ0n) is 12.0. The third-order valence-electron chi connectivity index (χ3n) is 3.67. The molecule has 2 rings (SSSR count). The predicted molar refractivity (Wildman–Crippen MR) is 71.1 cm³/mol. The Bertz CT molecular complexity index is 371. The van der Waals surface area contributed by atoms with Crippen LogP contribution >= 0.6 is 0 Å². The Morgan fingerprint density at radius 3 is 2.50 bits per heavy atom. The summed E-state index contributed by atoms with van der Waals surface area (Å²) in [6.07, 6.45) is 4.98. The van der Waals surface area contributed by atoms with Gasteiger partial charge < -0.3 is 5.32 Å². The summed E-state index contributed by atoms with van der Waals surface area (Å²) in [4.78, 5) is 0. The maximum atomic E-state index is 4.18. The highest BCUT2D eigenvalue weighted by Gasteiger charge is 2.23. The van der Waals surface area contributed by atoms with Crippen LogP contribution in [0.5, 0.6) is 0 Å². The monoisotopic (exact) mass is 251 g/mol. The van der Waals surface area contributed by atoms with Crippen LogP contribution < -0.4 is 5.32 Å². The smallest absolute Gasteiger partial charge is 0.165 e. The van der Waals surface area contributed by atoms with Crippen LogP contribution in [-0.2, 0) is 6.54 Å². The van der Waals surface area contributed by atoms with Gasteiger partial charge in [-0.3, -0.25) is 0 Å². The van der Waals surface area contributed by atoms with Crippen LogP contribution in [-0.4, -0.2) is 25.7 Å². The van der Waals surface area contributed by atoms with E-state index >= 15 is 0 Å². The van der Waals surface area contributed by atoms with E-state index in [0.29, 0.717) is 6.04 Å². The van der Waals surface area contributed by atoms with Gasteiger partial charge in [-0.15, -0.1) is 5.10 Å². The van der Waals surface area contributed by atoms with Gasteiger partial charge in [-0.25, -0.2) is 4.68 Å². The van der Waals surface area contributed by atoms with E-state index in [1.165, 1.54) is 25.7 Å². The lowest BCUT2D eigenvalue weighted by molar-refractivity contribution is 0.262. The number of tetrazole rings is 1. The molecule has 0 aromatic carbocycles. The van der Waals surface area contributed by atoms with Crippen LogP contribution in [0.2, 0.25) is 0 Å². The first kappa shape index (κ1) is 13.5. The third-order valence-corrected chi connectivity index (χ3v) is 3.67. The lowest BCUT2D eigenvalue weighted by Gasteiger charge is -2.27. The zero-order valence-corrected chi connectivity index (χ0v) is 12.0. The molecule has 0 radical (unpaired) electrons. The summed E-state index contributed by atoms with van der Waals surface area (Å²) in [5, 5.41) is 15.6. The maximum absolute atomic E-state index is 4.18. The normalized spacial score (nSPS) is 25.3. The second-order valence-electron chi connectivity index (χ2n) is 6.56. The topological polar surface area (TPSA) is 55.6 Å². The molecule has 5 nitrogen and oxygen atoms in total. The number of aromatic nitrogens is 4. The van der Waals surface area contributed by atoms with Crippen LogP contribution in [0.4, 0.5) is 0 Å². The first-order chi connectivity index (χ1) is 8.46. The molecule has 0 spiro atoms. The number of nitrogens with zero attached hydrogens (tertiary/aromatic N) is 4. The van der Waals surface area contributed by atoms with Crippen LogP contribution in [0.1, 0.15) is 65.2 Å². The van der Waals surface area contributed by atoms with Gasteiger partial charge in [0.1, 0.15) is 0 Å². The van der Waals surface area contributed by atoms with E-state index in [1.54, 1.807) is 0 Å². The summed E-state index contributed by atoms with van der Waals surface area (Å²) in [5.74, 6) is 1.82. The predicted octanol–water partition coefficient (Wildman–Crippen LogP) is 2.31. The summed E-state index contributed by atoms with van der Waals surface area (Å²) in [5.41, 5.74) is 0.0951. The molecule has 0 saturated heterocycles. The Morgan fingerprint density at radius 1 is 1.22 bits per heavy atom. The number of hydrogen-bond donors (Lipinski definition) is 1. The molecule has 0 amide bonds. The molecule has 1 aromatic heterocycles. The Morgan fingerprint density at radius 2 is 1.89 bits per heavy atom. The molecule has 18 heavy (non-hydrogen) atoms. The van der Waals surface area contributed by atoms with Gasteiger partial charge in [-0.05, 0) is 62.8 Å². The van der Waals surface area contributed by atoms with Crippen LogP contribution in [0, 0.1) is 5.92 Å². The van der Waals surface area contributed by atoms with E-state index in [1.807, 2.05) is 4.68 Å². The van der Waals surface area contributed by atoms with Gasteiger partial charge in [0, 0.05) is 5.54 Å². The van der Waals surface area contributed by atoms with Gasteiger partial charge in [0.05, 0.1) is 12.6 Å². The van der Waals surface area contributed by atoms with Crippen LogP contribution in [0.15, 0.2) is 0 Å². The molecule has 1 heterocycles. The first-order valence-corrected chi connectivity index (χ1v) is 6.97. The second-order valence-corrected chi connectivity index (χ2v) is 6.56. The Balaban J connectivity index is 1.99. The Hall–Kier alpha value is -0.970. The Kier molecular flexibility index (Phi) is 4.00. The standard InChI is InChI=1S/C13H25N5/c1-10-5-7-11(8-6-10)18-12(15-16-17-18)9-14-13(2,3)4/h10-11,14H,5-9H2,1-4H3. The van der Waals surface area contributed by atoms with E-state index < -0.39 is 0 Å². The van der Waals surface area contributed by atoms with E-state index in [2.05, 4.69) is 48.5 Å². The van der Waals surface area contributed by atoms with Crippen molar-refractivity contribution in [3.05, 3.63) is 5.82 Å². The minimum Gasteiger partial charge on any atom is -0.305 e. The molecule has 1 fully saturated rings. The van der Waals surface area contributed by atoms with Crippen LogP contribution in [0.3, 0.4) is 0 Å². The summed E-state index contributed by atoms with van der Waals surface area (Å²) in [6, 6.07) is 0.493. The lowest BCUT2D eigenvalue weighted by atomic mass is 9.87. The maximum Gasteiger partial charge on any atom is 0.165 e. The molecule has 1 aromatic rings. The zero-order chi connectivity index (χ0) is 13.2. The van der Waals surface area contributed by atoms with Gasteiger partial charge in [0.2, 0.25) is 0 Å². The highest BCUT2D eigenvalue weighted by molar-refractivity contribution is 4.88. The van der Waals surface area contributed by atoms with Crippen molar-refractivity contribution in [2.75, 3.05) is 0 Å². The molecule has 0 bridgehead atoms. The lowest BCUT2D eigenvalue weighted by Crippen LogP contribution is -2.36. The molecule has 0 aliphatic heterocycles. The molecule has 1 saturated carbocycles. The largest absolute Gasteiger partial charge is 0.305 e. The molecule has 0 unspecified atom stereocenters. The fourth-order valence-electron chi connectivity index (χ4n) is 2.44. The van der Waals surface area contributed by atoms with E-state index in [4.69, 9.17) is 0 Å². The fourth-order valence-corrected chi connectivity index (χ4v) is 2.44. The summed E-state index contributed by atoms with van der Waals surface area (Å²) in [6.45, 7) is 9.54. The van der Waals surface area contributed by atoms with Gasteiger partial charge in [-0.2, -0.15) is 0 Å². The SMILES string of the molecule is CC1CCC(n2nnnc2CNC(C)(C)C)CC1. The van der Waals surface area contributed by atoms with Crippen molar-refractivity contribution in [1.82, 2.24) is 25.5 Å². The van der Waals surface area contributed by atoms with Crippen molar-refractivity contribution in [2.24, 2.45) is 5.92 Å². The third kappa shape index (κ3) is 3.51. The number of rotatable bonds is 3. The van der Waals surface area contributed by atoms with E-state index in [0.717, 1.165) is 18.3 Å². The van der Waals surface area contributed by atoms with Crippen molar-refractivity contribution >= 4 is 0 Å². The van der Waals surface area contributed by atoms with Crippen molar-refractivity contribution in [1.29, 1.82) is 0 Å². The summed E-state index contributed by atoms with van der Waals surface area (Å²) in [7, 11) is 0. The number of nitrogens with one attached hydrogen (secondary N) is 1. The number of hydrogen-bond acceptors (Lipinski definition) is 4. The molecular weight excluding hydrogens is 226 g/mol. The van der Waals surface area contributed by atoms with Crippen molar-refractivity contribution in [2.45, 2.75) is 71.5 Å². The molecule has 102 valence electrons. The summed E-state index contributed by atoms with van der Waals surface area (Å²) >= 11 is 0. The molecule has 0 atom stereocenters. The van der Waals surface area contributed by atoms with Gasteiger partial charge in [0.25, 0.3) is 0 Å². The van der Waals surface area contributed by atoms with E-state index in [-0.39, 0.29) is 5.54 Å².